The van der Waals surface area contributed by atoms with Crippen LogP contribution in [-0.2, 0) is 16.1 Å². The largest absolute Gasteiger partial charge is 0.486 e. The first-order valence-corrected chi connectivity index (χ1v) is 12.4. The minimum atomic E-state index is -0.712. The van der Waals surface area contributed by atoms with Gasteiger partial charge < -0.3 is 19.2 Å². The molecule has 190 valence electrons. The third-order valence-corrected chi connectivity index (χ3v) is 6.47. The Morgan fingerprint density at radius 2 is 1.92 bits per heavy atom. The van der Waals surface area contributed by atoms with Crippen molar-refractivity contribution in [3.8, 4) is 23.1 Å². The third-order valence-electron chi connectivity index (χ3n) is 6.47. The van der Waals surface area contributed by atoms with Gasteiger partial charge in [0, 0.05) is 17.8 Å². The van der Waals surface area contributed by atoms with E-state index in [0.717, 1.165) is 31.4 Å². The van der Waals surface area contributed by atoms with E-state index in [1.807, 2.05) is 13.8 Å². The summed E-state index contributed by atoms with van der Waals surface area (Å²) in [6.07, 6.45) is 4.54. The maximum Gasteiger partial charge on any atom is 0.251 e. The van der Waals surface area contributed by atoms with Gasteiger partial charge in [0.2, 0.25) is 11.7 Å². The molecular weight excluding hydrogens is 464 g/mol. The number of carbonyl (C=O) groups is 2. The number of amides is 2. The molecular formula is C25H30N6O5. The van der Waals surface area contributed by atoms with E-state index in [1.54, 1.807) is 30.3 Å². The number of aryl methyl sites for hydroxylation is 1. The van der Waals surface area contributed by atoms with Crippen LogP contribution >= 0.6 is 0 Å². The van der Waals surface area contributed by atoms with Crippen molar-refractivity contribution in [1.29, 1.82) is 0 Å². The Bertz CT molecular complexity index is 1230. The van der Waals surface area contributed by atoms with Gasteiger partial charge in [-0.05, 0) is 55.7 Å². The van der Waals surface area contributed by atoms with Crippen LogP contribution in [0.15, 0.2) is 34.7 Å². The molecule has 1 N–H and O–H groups in total. The number of ether oxygens (including phenoxy) is 2. The molecule has 0 radical (unpaired) electrons. The predicted octanol–water partition coefficient (Wildman–Crippen LogP) is 2.88. The molecule has 0 bridgehead atoms. The monoisotopic (exact) mass is 494 g/mol. The zero-order valence-electron chi connectivity index (χ0n) is 20.5. The number of furan rings is 1. The van der Waals surface area contributed by atoms with Gasteiger partial charge in [-0.2, -0.15) is 4.80 Å². The van der Waals surface area contributed by atoms with Crippen LogP contribution in [0.4, 0.5) is 5.69 Å². The van der Waals surface area contributed by atoms with Crippen LogP contribution in [0.2, 0.25) is 0 Å². The molecule has 1 fully saturated rings. The van der Waals surface area contributed by atoms with E-state index >= 15 is 0 Å². The summed E-state index contributed by atoms with van der Waals surface area (Å²) in [6.45, 7) is 4.40. The normalized spacial score (nSPS) is 16.1. The molecule has 5 rings (SSSR count). The summed E-state index contributed by atoms with van der Waals surface area (Å²) in [6, 6.07) is 8.25. The first-order valence-electron chi connectivity index (χ1n) is 12.4. The second kappa shape index (κ2) is 10.4. The van der Waals surface area contributed by atoms with Crippen LogP contribution in [0.3, 0.4) is 0 Å². The van der Waals surface area contributed by atoms with Gasteiger partial charge in [-0.25, -0.2) is 0 Å². The summed E-state index contributed by atoms with van der Waals surface area (Å²) in [4.78, 5) is 29.8. The number of carbonyl (C=O) groups excluding carboxylic acids is 2. The van der Waals surface area contributed by atoms with E-state index in [1.165, 1.54) is 9.70 Å². The van der Waals surface area contributed by atoms with Gasteiger partial charge in [0.15, 0.2) is 17.3 Å². The third kappa shape index (κ3) is 5.05. The molecule has 36 heavy (non-hydrogen) atoms. The van der Waals surface area contributed by atoms with E-state index in [0.29, 0.717) is 42.6 Å². The Balaban J connectivity index is 1.42. The molecule has 1 aliphatic heterocycles. The molecule has 1 saturated carbocycles. The summed E-state index contributed by atoms with van der Waals surface area (Å²) in [5, 5.41) is 15.5. The van der Waals surface area contributed by atoms with Gasteiger partial charge in [0.05, 0.1) is 0 Å². The van der Waals surface area contributed by atoms with Gasteiger partial charge in [-0.1, -0.05) is 19.8 Å². The predicted molar refractivity (Wildman–Crippen MR) is 130 cm³/mol. The van der Waals surface area contributed by atoms with E-state index < -0.39 is 6.04 Å². The van der Waals surface area contributed by atoms with Crippen LogP contribution in [0.1, 0.15) is 44.8 Å². The lowest BCUT2D eigenvalue weighted by atomic mass is 10.1. The average Bonchev–Trinajstić information content (AvgIpc) is 3.65. The van der Waals surface area contributed by atoms with Crippen LogP contribution in [0.5, 0.6) is 11.5 Å². The number of benzene rings is 1. The minimum Gasteiger partial charge on any atom is -0.486 e. The van der Waals surface area contributed by atoms with Crippen molar-refractivity contribution >= 4 is 17.5 Å². The van der Waals surface area contributed by atoms with E-state index in [4.69, 9.17) is 13.9 Å². The summed E-state index contributed by atoms with van der Waals surface area (Å²) >= 11 is 0. The number of anilines is 1. The molecule has 2 amide bonds. The van der Waals surface area contributed by atoms with E-state index in [2.05, 4.69) is 20.7 Å². The van der Waals surface area contributed by atoms with Gasteiger partial charge in [0.25, 0.3) is 5.91 Å². The average molecular weight is 495 g/mol. The van der Waals surface area contributed by atoms with Crippen molar-refractivity contribution in [2.24, 2.45) is 0 Å². The fraction of sp³-hybridized carbons (Fsp3) is 0.480. The number of aromatic nitrogens is 4. The molecule has 1 aromatic carbocycles. The zero-order chi connectivity index (χ0) is 25.1. The molecule has 1 aliphatic carbocycles. The summed E-state index contributed by atoms with van der Waals surface area (Å²) < 4.78 is 16.9. The summed E-state index contributed by atoms with van der Waals surface area (Å²) in [5.41, 5.74) is 0.541. The highest BCUT2D eigenvalue weighted by atomic mass is 16.6. The molecule has 11 nitrogen and oxygen atoms in total. The minimum absolute atomic E-state index is 0.139. The maximum atomic E-state index is 13.7. The number of nitrogens with zero attached hydrogens (tertiary/aromatic N) is 5. The number of tetrazole rings is 1. The standard InChI is InChI=1S/C25H30N6O5/c1-3-19(25(33)26-17-6-4-5-7-17)31(18-9-11-20-22(14-18)35-13-12-34-20)23(32)15-30-28-24(27-29-30)21-10-8-16(2)36-21/h8-11,14,17,19H,3-7,12-13,15H2,1-2H3,(H,26,33)/t19-/m0/s1. The maximum absolute atomic E-state index is 13.7. The molecule has 1 atom stereocenters. The van der Waals surface area contributed by atoms with Crippen molar-refractivity contribution < 1.29 is 23.5 Å². The Hall–Kier alpha value is -3.89. The Kier molecular flexibility index (Phi) is 6.88. The van der Waals surface area contributed by atoms with E-state index in [9.17, 15) is 9.59 Å². The highest BCUT2D eigenvalue weighted by Gasteiger charge is 2.33. The smallest absolute Gasteiger partial charge is 0.251 e. The van der Waals surface area contributed by atoms with E-state index in [-0.39, 0.29) is 30.2 Å². The molecule has 0 saturated heterocycles. The number of hydrogen-bond donors (Lipinski definition) is 1. The lowest BCUT2D eigenvalue weighted by Gasteiger charge is -2.32. The zero-order valence-corrected chi connectivity index (χ0v) is 20.5. The molecule has 11 heteroatoms. The lowest BCUT2D eigenvalue weighted by molar-refractivity contribution is -0.127. The van der Waals surface area contributed by atoms with Gasteiger partial charge in [-0.3, -0.25) is 14.5 Å². The van der Waals surface area contributed by atoms with Crippen molar-refractivity contribution in [2.45, 2.75) is 64.6 Å². The van der Waals surface area contributed by atoms with Crippen molar-refractivity contribution in [3.05, 3.63) is 36.1 Å². The van der Waals surface area contributed by atoms with Crippen molar-refractivity contribution in [3.63, 3.8) is 0 Å². The first-order chi connectivity index (χ1) is 17.5. The van der Waals surface area contributed by atoms with Crippen LogP contribution in [0, 0.1) is 6.92 Å². The molecule has 2 aliphatic rings. The lowest BCUT2D eigenvalue weighted by Crippen LogP contribution is -2.52. The second-order valence-corrected chi connectivity index (χ2v) is 9.06. The molecule has 0 spiro atoms. The Morgan fingerprint density at radius 3 is 2.64 bits per heavy atom. The van der Waals surface area contributed by atoms with Gasteiger partial charge in [-0.15, -0.1) is 10.2 Å². The highest BCUT2D eigenvalue weighted by molar-refractivity contribution is 6.01. The number of nitrogens with one attached hydrogen (secondary N) is 1. The van der Waals surface area contributed by atoms with Crippen LogP contribution < -0.4 is 19.7 Å². The number of hydrogen-bond acceptors (Lipinski definition) is 8. The highest BCUT2D eigenvalue weighted by Crippen LogP contribution is 2.35. The van der Waals surface area contributed by atoms with Crippen molar-refractivity contribution in [2.75, 3.05) is 18.1 Å². The molecule has 0 unspecified atom stereocenters. The Labute approximate surface area is 208 Å². The fourth-order valence-electron chi connectivity index (χ4n) is 4.69. The fourth-order valence-corrected chi connectivity index (χ4v) is 4.69. The summed E-state index contributed by atoms with van der Waals surface area (Å²) in [7, 11) is 0. The first kappa shape index (κ1) is 23.8. The van der Waals surface area contributed by atoms with Gasteiger partial charge in [0.1, 0.15) is 31.6 Å². The van der Waals surface area contributed by atoms with Crippen LogP contribution in [-0.4, -0.2) is 57.3 Å². The quantitative estimate of drug-likeness (QED) is 0.507. The molecule has 3 heterocycles. The molecule has 3 aromatic rings. The second-order valence-electron chi connectivity index (χ2n) is 9.06. The van der Waals surface area contributed by atoms with Crippen LogP contribution in [0.25, 0.3) is 11.6 Å². The number of rotatable bonds is 8. The SMILES string of the molecule is CC[C@@H](C(=O)NC1CCCC1)N(C(=O)Cn1nnc(-c2ccc(C)o2)n1)c1ccc2c(c1)OCCO2. The molecule has 2 aromatic heterocycles. The summed E-state index contributed by atoms with van der Waals surface area (Å²) in [5.74, 6) is 2.10. The Morgan fingerprint density at radius 1 is 1.14 bits per heavy atom. The van der Waals surface area contributed by atoms with Gasteiger partial charge >= 0.3 is 0 Å². The van der Waals surface area contributed by atoms with Crippen molar-refractivity contribution in [1.82, 2.24) is 25.5 Å². The topological polar surface area (TPSA) is 125 Å². The number of fused-ring (bicyclic) bond motifs is 1.